The molecular weight excluding hydrogens is 232 g/mol. The number of nitrogens with zero attached hydrogens (tertiary/aromatic N) is 2. The largest absolute Gasteiger partial charge is 0.478 e. The van der Waals surface area contributed by atoms with Gasteiger partial charge in [0, 0.05) is 12.4 Å². The van der Waals surface area contributed by atoms with E-state index in [2.05, 4.69) is 15.3 Å². The number of hydrogen-bond acceptors (Lipinski definition) is 5. The average Bonchev–Trinajstić information content (AvgIpc) is 2.34. The molecule has 0 saturated carbocycles. The molecule has 4 N–H and O–H groups in total. The zero-order chi connectivity index (χ0) is 13.1. The molecule has 0 bridgehead atoms. The first-order chi connectivity index (χ1) is 8.59. The van der Waals surface area contributed by atoms with Gasteiger partial charge in [0.15, 0.2) is 5.82 Å². The number of aromatic carboxylic acids is 1. The number of aryl methyl sites for hydroxylation is 1. The molecule has 0 aliphatic carbocycles. The second-order valence-corrected chi connectivity index (χ2v) is 3.74. The standard InChI is InChI=1S/C12H12N4O2/c1-7-2-4-14-6-9(7)16-11-10(13)8(12(17)18)3-5-15-11/h2-6H,13H2,1H3,(H,15,16)(H,17,18). The number of pyridine rings is 2. The van der Waals surface area contributed by atoms with Crippen molar-refractivity contribution < 1.29 is 9.90 Å². The van der Waals surface area contributed by atoms with E-state index in [0.717, 1.165) is 11.3 Å². The lowest BCUT2D eigenvalue weighted by atomic mass is 10.2. The van der Waals surface area contributed by atoms with Crippen molar-refractivity contribution in [3.05, 3.63) is 41.9 Å². The fourth-order valence-electron chi connectivity index (χ4n) is 1.48. The summed E-state index contributed by atoms with van der Waals surface area (Å²) in [5, 5.41) is 11.9. The number of aromatic nitrogens is 2. The van der Waals surface area contributed by atoms with Gasteiger partial charge in [0.25, 0.3) is 0 Å². The maximum Gasteiger partial charge on any atom is 0.337 e. The van der Waals surface area contributed by atoms with E-state index in [1.807, 2.05) is 13.0 Å². The lowest BCUT2D eigenvalue weighted by Gasteiger charge is -2.11. The first-order valence-corrected chi connectivity index (χ1v) is 5.25. The third-order valence-corrected chi connectivity index (χ3v) is 2.51. The highest BCUT2D eigenvalue weighted by Gasteiger charge is 2.12. The Morgan fingerprint density at radius 2 is 2.17 bits per heavy atom. The predicted molar refractivity (Wildman–Crippen MR) is 67.9 cm³/mol. The van der Waals surface area contributed by atoms with Gasteiger partial charge in [-0.15, -0.1) is 0 Å². The molecule has 0 spiro atoms. The molecule has 0 aliphatic rings. The molecule has 0 aliphatic heterocycles. The Kier molecular flexibility index (Phi) is 3.09. The summed E-state index contributed by atoms with van der Waals surface area (Å²) in [6.45, 7) is 1.90. The summed E-state index contributed by atoms with van der Waals surface area (Å²) in [7, 11) is 0. The molecule has 2 aromatic heterocycles. The Balaban J connectivity index is 2.39. The van der Waals surface area contributed by atoms with Gasteiger partial charge in [-0.3, -0.25) is 4.98 Å². The number of carboxylic acid groups (broad SMARTS) is 1. The van der Waals surface area contributed by atoms with E-state index in [1.54, 1.807) is 12.4 Å². The van der Waals surface area contributed by atoms with Crippen molar-refractivity contribution >= 4 is 23.2 Å². The Labute approximate surface area is 104 Å². The van der Waals surface area contributed by atoms with Gasteiger partial charge in [0.05, 0.1) is 23.1 Å². The molecule has 0 fully saturated rings. The first-order valence-electron chi connectivity index (χ1n) is 5.25. The summed E-state index contributed by atoms with van der Waals surface area (Å²) in [6.07, 6.45) is 4.70. The maximum absolute atomic E-state index is 10.9. The van der Waals surface area contributed by atoms with Gasteiger partial charge in [-0.1, -0.05) is 0 Å². The minimum Gasteiger partial charge on any atom is -0.478 e. The van der Waals surface area contributed by atoms with Crippen LogP contribution in [0.1, 0.15) is 15.9 Å². The Bertz CT molecular complexity index is 598. The second-order valence-electron chi connectivity index (χ2n) is 3.74. The quantitative estimate of drug-likeness (QED) is 0.761. The zero-order valence-electron chi connectivity index (χ0n) is 9.71. The van der Waals surface area contributed by atoms with E-state index in [-0.39, 0.29) is 11.3 Å². The highest BCUT2D eigenvalue weighted by molar-refractivity contribution is 5.96. The van der Waals surface area contributed by atoms with E-state index in [9.17, 15) is 4.79 Å². The summed E-state index contributed by atoms with van der Waals surface area (Å²) in [5.41, 5.74) is 7.58. The van der Waals surface area contributed by atoms with Gasteiger partial charge in [-0.25, -0.2) is 9.78 Å². The molecule has 6 nitrogen and oxygen atoms in total. The molecule has 2 aromatic rings. The second kappa shape index (κ2) is 4.70. The highest BCUT2D eigenvalue weighted by Crippen LogP contribution is 2.24. The molecule has 0 amide bonds. The fourth-order valence-corrected chi connectivity index (χ4v) is 1.48. The molecule has 92 valence electrons. The van der Waals surface area contributed by atoms with Crippen LogP contribution >= 0.6 is 0 Å². The third kappa shape index (κ3) is 2.22. The van der Waals surface area contributed by atoms with Crippen LogP contribution in [-0.2, 0) is 0 Å². The van der Waals surface area contributed by atoms with Crippen LogP contribution < -0.4 is 11.1 Å². The van der Waals surface area contributed by atoms with Crippen molar-refractivity contribution in [3.63, 3.8) is 0 Å². The Hall–Kier alpha value is -2.63. The number of anilines is 3. The summed E-state index contributed by atoms with van der Waals surface area (Å²) < 4.78 is 0. The molecule has 18 heavy (non-hydrogen) atoms. The fraction of sp³-hybridized carbons (Fsp3) is 0.0833. The molecule has 0 radical (unpaired) electrons. The normalized spacial score (nSPS) is 10.1. The van der Waals surface area contributed by atoms with Crippen LogP contribution in [0, 0.1) is 6.92 Å². The molecule has 0 aromatic carbocycles. The molecule has 0 unspecified atom stereocenters. The SMILES string of the molecule is Cc1ccncc1Nc1nccc(C(=O)O)c1N. The van der Waals surface area contributed by atoms with Gasteiger partial charge < -0.3 is 16.2 Å². The van der Waals surface area contributed by atoms with E-state index >= 15 is 0 Å². The van der Waals surface area contributed by atoms with Gasteiger partial charge in [0.1, 0.15) is 0 Å². The van der Waals surface area contributed by atoms with Gasteiger partial charge in [-0.05, 0) is 24.6 Å². The average molecular weight is 244 g/mol. The number of carbonyl (C=O) groups is 1. The highest BCUT2D eigenvalue weighted by atomic mass is 16.4. The molecule has 2 heterocycles. The van der Waals surface area contributed by atoms with Crippen LogP contribution in [0.15, 0.2) is 30.7 Å². The molecule has 6 heteroatoms. The Morgan fingerprint density at radius 3 is 2.83 bits per heavy atom. The summed E-state index contributed by atoms with van der Waals surface area (Å²) in [5.74, 6) is -0.771. The van der Waals surface area contributed by atoms with Crippen LogP contribution in [0.2, 0.25) is 0 Å². The van der Waals surface area contributed by atoms with Crippen LogP contribution in [0.25, 0.3) is 0 Å². The van der Waals surface area contributed by atoms with Crippen molar-refractivity contribution in [2.24, 2.45) is 0 Å². The lowest BCUT2D eigenvalue weighted by Crippen LogP contribution is -2.07. The van der Waals surface area contributed by atoms with Gasteiger partial charge in [0.2, 0.25) is 0 Å². The van der Waals surface area contributed by atoms with Crippen molar-refractivity contribution in [3.8, 4) is 0 Å². The molecule has 0 atom stereocenters. The van der Waals surface area contributed by atoms with Crippen molar-refractivity contribution in [1.29, 1.82) is 0 Å². The van der Waals surface area contributed by atoms with Crippen molar-refractivity contribution in [2.45, 2.75) is 6.92 Å². The maximum atomic E-state index is 10.9. The third-order valence-electron chi connectivity index (χ3n) is 2.51. The summed E-state index contributed by atoms with van der Waals surface area (Å²) in [6, 6.07) is 3.19. The smallest absolute Gasteiger partial charge is 0.337 e. The van der Waals surface area contributed by atoms with Crippen LogP contribution in [-0.4, -0.2) is 21.0 Å². The van der Waals surface area contributed by atoms with E-state index in [0.29, 0.717) is 5.82 Å². The summed E-state index contributed by atoms with van der Waals surface area (Å²) in [4.78, 5) is 19.0. The van der Waals surface area contributed by atoms with E-state index in [1.165, 1.54) is 12.3 Å². The minimum absolute atomic E-state index is 0.0223. The number of nitrogens with two attached hydrogens (primary N) is 1. The number of carboxylic acids is 1. The number of nitrogen functional groups attached to an aromatic ring is 1. The van der Waals surface area contributed by atoms with Crippen LogP contribution in [0.3, 0.4) is 0 Å². The minimum atomic E-state index is -1.08. The van der Waals surface area contributed by atoms with E-state index in [4.69, 9.17) is 10.8 Å². The van der Waals surface area contributed by atoms with Crippen LogP contribution in [0.5, 0.6) is 0 Å². The first kappa shape index (κ1) is 11.8. The predicted octanol–water partition coefficient (Wildman–Crippen LogP) is 1.81. The molecular formula is C12H12N4O2. The van der Waals surface area contributed by atoms with Crippen molar-refractivity contribution in [2.75, 3.05) is 11.1 Å². The van der Waals surface area contributed by atoms with Gasteiger partial charge >= 0.3 is 5.97 Å². The molecule has 2 rings (SSSR count). The monoisotopic (exact) mass is 244 g/mol. The lowest BCUT2D eigenvalue weighted by molar-refractivity contribution is 0.0698. The number of rotatable bonds is 3. The Morgan fingerprint density at radius 1 is 1.39 bits per heavy atom. The molecule has 0 saturated heterocycles. The van der Waals surface area contributed by atoms with Crippen molar-refractivity contribution in [1.82, 2.24) is 9.97 Å². The van der Waals surface area contributed by atoms with Gasteiger partial charge in [-0.2, -0.15) is 0 Å². The summed E-state index contributed by atoms with van der Waals surface area (Å²) >= 11 is 0. The zero-order valence-corrected chi connectivity index (χ0v) is 9.71. The van der Waals surface area contributed by atoms with E-state index < -0.39 is 5.97 Å². The van der Waals surface area contributed by atoms with Crippen LogP contribution in [0.4, 0.5) is 17.2 Å². The topological polar surface area (TPSA) is 101 Å². The number of nitrogens with one attached hydrogen (secondary N) is 1. The number of hydrogen-bond donors (Lipinski definition) is 3.